The summed E-state index contributed by atoms with van der Waals surface area (Å²) in [6, 6.07) is 1.73. The molecule has 16 nitrogen and oxygen atoms in total. The van der Waals surface area contributed by atoms with Gasteiger partial charge >= 0.3 is 35.8 Å². The van der Waals surface area contributed by atoms with Gasteiger partial charge in [0.1, 0.15) is 31.0 Å². The van der Waals surface area contributed by atoms with Gasteiger partial charge in [-0.25, -0.2) is 4.79 Å². The van der Waals surface area contributed by atoms with Crippen molar-refractivity contribution in [3.63, 3.8) is 0 Å². The van der Waals surface area contributed by atoms with Crippen molar-refractivity contribution in [2.75, 3.05) is 6.61 Å². The number of ether oxygens (including phenoxy) is 8. The van der Waals surface area contributed by atoms with Crippen molar-refractivity contribution in [1.82, 2.24) is 0 Å². The fourth-order valence-electron chi connectivity index (χ4n) is 9.22. The van der Waals surface area contributed by atoms with Crippen LogP contribution in [0.5, 0.6) is 0 Å². The van der Waals surface area contributed by atoms with Crippen LogP contribution in [-0.2, 0) is 66.7 Å². The summed E-state index contributed by atoms with van der Waals surface area (Å²) in [7, 11) is 0. The maximum Gasteiger partial charge on any atom is 0.341 e. The van der Waals surface area contributed by atoms with E-state index in [4.69, 9.17) is 42.3 Å². The highest BCUT2D eigenvalue weighted by Gasteiger charge is 2.79. The van der Waals surface area contributed by atoms with Gasteiger partial charge in [-0.3, -0.25) is 24.0 Å². The first-order valence-electron chi connectivity index (χ1n) is 16.6. The molecule has 4 heterocycles. The Labute approximate surface area is 287 Å². The molecular weight excluding hydrogens is 664 g/mol. The minimum atomic E-state index is -2.28. The van der Waals surface area contributed by atoms with Crippen LogP contribution in [0.1, 0.15) is 78.9 Å². The highest BCUT2D eigenvalue weighted by molar-refractivity contribution is 5.85. The summed E-state index contributed by atoms with van der Waals surface area (Å²) in [6.45, 7) is 7.69. The van der Waals surface area contributed by atoms with E-state index in [0.29, 0.717) is 18.4 Å². The van der Waals surface area contributed by atoms with Crippen LogP contribution in [0.4, 0.5) is 0 Å². The maximum absolute atomic E-state index is 13.9. The van der Waals surface area contributed by atoms with Crippen molar-refractivity contribution in [2.45, 2.75) is 122 Å². The summed E-state index contributed by atoms with van der Waals surface area (Å²) in [5.74, 6) is -5.55. The molecule has 50 heavy (non-hydrogen) atoms. The molecule has 3 saturated heterocycles. The van der Waals surface area contributed by atoms with Gasteiger partial charge in [-0.2, -0.15) is 0 Å². The molecule has 16 heteroatoms. The number of hydrogen-bond acceptors (Lipinski definition) is 16. The lowest BCUT2D eigenvalue weighted by atomic mass is 9.42. The standard InChI is InChI=1S/C34H42O16/c1-15(35)43-14-22-26(44-16(2)36)27(45-17(3)37)28(46-18(4)38)30(48-22)49-24-8-7-23-32(5)12-21(19-9-10-42-13-19)47-29(39)20(32)11-25-33(23,6)34(24,41)31(40)50-25/h9-10,13,20-28,30,41H,7-8,11-12,14H2,1-6H3/t20-,21-,22+,23-,24-,25-,26+,27-,28+,30-,32+,33-,34-/m0/s1. The van der Waals surface area contributed by atoms with E-state index in [9.17, 15) is 33.9 Å². The fraction of sp³-hybridized carbons (Fsp3) is 0.706. The minimum Gasteiger partial charge on any atom is -0.472 e. The highest BCUT2D eigenvalue weighted by Crippen LogP contribution is 2.70. The number of hydrogen-bond donors (Lipinski definition) is 1. The molecule has 0 radical (unpaired) electrons. The van der Waals surface area contributed by atoms with Crippen molar-refractivity contribution in [3.8, 4) is 0 Å². The predicted molar refractivity (Wildman–Crippen MR) is 161 cm³/mol. The van der Waals surface area contributed by atoms with Gasteiger partial charge in [0.15, 0.2) is 30.2 Å². The predicted octanol–water partition coefficient (Wildman–Crippen LogP) is 1.83. The number of fused-ring (bicyclic) bond motifs is 2. The van der Waals surface area contributed by atoms with Crippen molar-refractivity contribution in [3.05, 3.63) is 24.2 Å². The molecule has 2 saturated carbocycles. The van der Waals surface area contributed by atoms with Gasteiger partial charge in [0.05, 0.1) is 23.9 Å². The minimum absolute atomic E-state index is 0.0686. The van der Waals surface area contributed by atoms with Gasteiger partial charge < -0.3 is 47.4 Å². The van der Waals surface area contributed by atoms with Crippen LogP contribution in [0.15, 0.2) is 23.0 Å². The summed E-state index contributed by atoms with van der Waals surface area (Å²) in [4.78, 5) is 75.9. The molecule has 3 aliphatic heterocycles. The average molecular weight is 707 g/mol. The Morgan fingerprint density at radius 1 is 0.900 bits per heavy atom. The second-order valence-corrected chi connectivity index (χ2v) is 14.2. The molecule has 0 aromatic carbocycles. The van der Waals surface area contributed by atoms with Crippen LogP contribution < -0.4 is 0 Å². The third-order valence-corrected chi connectivity index (χ3v) is 11.3. The smallest absolute Gasteiger partial charge is 0.341 e. The molecule has 0 unspecified atom stereocenters. The third kappa shape index (κ3) is 5.74. The second-order valence-electron chi connectivity index (χ2n) is 14.2. The molecule has 0 spiro atoms. The van der Waals surface area contributed by atoms with Gasteiger partial charge in [0.2, 0.25) is 0 Å². The number of aliphatic hydroxyl groups is 1. The molecular formula is C34H42O16. The Hall–Kier alpha value is -4.02. The van der Waals surface area contributed by atoms with Crippen LogP contribution in [0.2, 0.25) is 0 Å². The molecule has 1 N–H and O–H groups in total. The van der Waals surface area contributed by atoms with E-state index in [0.717, 1.165) is 27.7 Å². The summed E-state index contributed by atoms with van der Waals surface area (Å²) in [5, 5.41) is 12.6. The monoisotopic (exact) mass is 706 g/mol. The zero-order chi connectivity index (χ0) is 36.3. The van der Waals surface area contributed by atoms with Gasteiger partial charge in [0, 0.05) is 33.3 Å². The average Bonchev–Trinajstić information content (AvgIpc) is 3.62. The molecule has 1 aromatic heterocycles. The van der Waals surface area contributed by atoms with Gasteiger partial charge in [0.25, 0.3) is 0 Å². The molecule has 6 rings (SSSR count). The van der Waals surface area contributed by atoms with Crippen LogP contribution in [0.25, 0.3) is 0 Å². The van der Waals surface area contributed by atoms with E-state index in [1.165, 1.54) is 12.5 Å². The Morgan fingerprint density at radius 3 is 2.18 bits per heavy atom. The summed E-state index contributed by atoms with van der Waals surface area (Å²) in [6.07, 6.45) is -6.21. The lowest BCUT2D eigenvalue weighted by molar-refractivity contribution is -0.339. The lowest BCUT2D eigenvalue weighted by Crippen LogP contribution is -2.72. The van der Waals surface area contributed by atoms with Crippen molar-refractivity contribution < 1.29 is 76.2 Å². The topological polar surface area (TPSA) is 210 Å². The zero-order valence-corrected chi connectivity index (χ0v) is 28.6. The summed E-state index contributed by atoms with van der Waals surface area (Å²) < 4.78 is 51.1. The number of cyclic esters (lactones) is 1. The van der Waals surface area contributed by atoms with E-state index in [1.807, 2.05) is 6.92 Å². The lowest BCUT2D eigenvalue weighted by Gasteiger charge is -2.63. The molecule has 0 bridgehead atoms. The number of rotatable bonds is 8. The first-order valence-corrected chi connectivity index (χ1v) is 16.6. The van der Waals surface area contributed by atoms with E-state index in [2.05, 4.69) is 0 Å². The van der Waals surface area contributed by atoms with Gasteiger partial charge in [-0.1, -0.05) is 13.8 Å². The Bertz CT molecular complexity index is 1540. The van der Waals surface area contributed by atoms with E-state index < -0.39 is 120 Å². The molecule has 13 atom stereocenters. The molecule has 5 aliphatic rings. The van der Waals surface area contributed by atoms with Crippen molar-refractivity contribution in [1.29, 1.82) is 0 Å². The Morgan fingerprint density at radius 2 is 1.56 bits per heavy atom. The number of carbonyl (C=O) groups excluding carboxylic acids is 6. The zero-order valence-electron chi connectivity index (χ0n) is 28.6. The second kappa shape index (κ2) is 12.9. The molecule has 274 valence electrons. The van der Waals surface area contributed by atoms with E-state index >= 15 is 0 Å². The van der Waals surface area contributed by atoms with Crippen LogP contribution in [0.3, 0.4) is 0 Å². The van der Waals surface area contributed by atoms with Crippen molar-refractivity contribution >= 4 is 35.8 Å². The van der Waals surface area contributed by atoms with E-state index in [1.54, 1.807) is 13.0 Å². The van der Waals surface area contributed by atoms with Gasteiger partial charge in [-0.15, -0.1) is 0 Å². The SMILES string of the molecule is CC(=O)OC[C@H]1O[C@@H](O[C@H]2CC[C@H]3[C@]4(C)C[C@@H](c5ccoc5)OC(=O)[C@@H]4C[C@@H]4OC(=O)[C@]2(O)[C@]43C)[C@H](OC(C)=O)[C@@H](OC(C)=O)[C@@H]1OC(C)=O. The van der Waals surface area contributed by atoms with Crippen LogP contribution in [0, 0.1) is 22.7 Å². The molecule has 2 aliphatic carbocycles. The van der Waals surface area contributed by atoms with Crippen LogP contribution >= 0.6 is 0 Å². The number of carbonyl (C=O) groups is 6. The Kier molecular flexibility index (Phi) is 9.27. The fourth-order valence-corrected chi connectivity index (χ4v) is 9.22. The highest BCUT2D eigenvalue weighted by atomic mass is 16.7. The number of esters is 6. The quantitative estimate of drug-likeness (QED) is 0.232. The summed E-state index contributed by atoms with van der Waals surface area (Å²) in [5.41, 5.74) is -3.58. The molecule has 0 amide bonds. The molecule has 5 fully saturated rings. The molecule has 1 aromatic rings. The van der Waals surface area contributed by atoms with E-state index in [-0.39, 0.29) is 12.8 Å². The summed E-state index contributed by atoms with van der Waals surface area (Å²) >= 11 is 0. The van der Waals surface area contributed by atoms with Gasteiger partial charge in [-0.05, 0) is 43.1 Å². The largest absolute Gasteiger partial charge is 0.472 e. The first kappa shape index (κ1) is 35.8. The third-order valence-electron chi connectivity index (χ3n) is 11.3. The van der Waals surface area contributed by atoms with Crippen LogP contribution in [-0.4, -0.2) is 96.0 Å². The number of furan rings is 1. The first-order chi connectivity index (χ1) is 23.5. The van der Waals surface area contributed by atoms with Crippen molar-refractivity contribution in [2.24, 2.45) is 22.7 Å². The maximum atomic E-state index is 13.9. The Balaban J connectivity index is 1.35. The normalized spacial score (nSPS) is 41.8.